The minimum Gasteiger partial charge on any atom is -0.497 e. The molecule has 0 radical (unpaired) electrons. The van der Waals surface area contributed by atoms with Crippen LogP contribution in [0.15, 0.2) is 75.9 Å². The number of nitrogens with one attached hydrogen (secondary N) is 1. The monoisotopic (exact) mass is 359 g/mol. The summed E-state index contributed by atoms with van der Waals surface area (Å²) in [6, 6.07) is 21.9. The van der Waals surface area contributed by atoms with E-state index in [4.69, 9.17) is 9.15 Å². The van der Waals surface area contributed by atoms with Crippen LogP contribution in [0, 0.1) is 0 Å². The molecule has 3 aromatic carbocycles. The first-order valence-corrected chi connectivity index (χ1v) is 8.97. The minimum absolute atomic E-state index is 0.136. The lowest BCUT2D eigenvalue weighted by molar-refractivity contribution is 0.414. The SMILES string of the molecule is COc1ccc2c(CNC(C)c3cccc4ccccc34)cc(=O)oc2c1. The molecule has 4 heteroatoms. The lowest BCUT2D eigenvalue weighted by Crippen LogP contribution is -2.19. The van der Waals surface area contributed by atoms with E-state index in [1.54, 1.807) is 19.2 Å². The highest BCUT2D eigenvalue weighted by molar-refractivity contribution is 5.86. The molecule has 0 saturated heterocycles. The second-order valence-corrected chi connectivity index (χ2v) is 6.62. The third-order valence-electron chi connectivity index (χ3n) is 4.93. The number of hydrogen-bond acceptors (Lipinski definition) is 4. The molecule has 4 rings (SSSR count). The quantitative estimate of drug-likeness (QED) is 0.520. The predicted molar refractivity (Wildman–Crippen MR) is 108 cm³/mol. The maximum Gasteiger partial charge on any atom is 0.336 e. The van der Waals surface area contributed by atoms with Crippen molar-refractivity contribution in [3.8, 4) is 5.75 Å². The maximum absolute atomic E-state index is 12.0. The van der Waals surface area contributed by atoms with Gasteiger partial charge < -0.3 is 14.5 Å². The maximum atomic E-state index is 12.0. The van der Waals surface area contributed by atoms with Crippen LogP contribution in [0.1, 0.15) is 24.1 Å². The Labute approximate surface area is 157 Å². The van der Waals surface area contributed by atoms with Crippen molar-refractivity contribution in [3.05, 3.63) is 88.3 Å². The zero-order chi connectivity index (χ0) is 18.8. The van der Waals surface area contributed by atoms with Gasteiger partial charge in [-0.1, -0.05) is 42.5 Å². The van der Waals surface area contributed by atoms with Gasteiger partial charge in [0, 0.05) is 30.1 Å². The Kier molecular flexibility index (Phi) is 4.65. The molecule has 1 aromatic heterocycles. The van der Waals surface area contributed by atoms with Gasteiger partial charge in [0.15, 0.2) is 0 Å². The molecule has 27 heavy (non-hydrogen) atoms. The van der Waals surface area contributed by atoms with E-state index in [-0.39, 0.29) is 11.7 Å². The summed E-state index contributed by atoms with van der Waals surface area (Å²) < 4.78 is 10.6. The standard InChI is InChI=1S/C23H21NO3/c1-15(19-9-5-7-16-6-3-4-8-20(16)19)24-14-17-12-23(25)27-22-13-18(26-2)10-11-21(17)22/h3-13,15,24H,14H2,1-2H3. The van der Waals surface area contributed by atoms with Crippen LogP contribution in [0.25, 0.3) is 21.7 Å². The summed E-state index contributed by atoms with van der Waals surface area (Å²) in [6.45, 7) is 2.71. The molecule has 0 saturated carbocycles. The van der Waals surface area contributed by atoms with Crippen molar-refractivity contribution in [3.63, 3.8) is 0 Å². The molecule has 1 N–H and O–H groups in total. The average Bonchev–Trinajstić information content (AvgIpc) is 2.70. The van der Waals surface area contributed by atoms with Crippen molar-refractivity contribution >= 4 is 21.7 Å². The molecule has 0 aliphatic rings. The highest BCUT2D eigenvalue weighted by Gasteiger charge is 2.11. The predicted octanol–water partition coefficient (Wildman–Crippen LogP) is 4.81. The van der Waals surface area contributed by atoms with Crippen molar-refractivity contribution < 1.29 is 9.15 Å². The molecule has 4 aromatic rings. The highest BCUT2D eigenvalue weighted by atomic mass is 16.5. The highest BCUT2D eigenvalue weighted by Crippen LogP contribution is 2.26. The number of methoxy groups -OCH3 is 1. The van der Waals surface area contributed by atoms with Gasteiger partial charge in [-0.15, -0.1) is 0 Å². The van der Waals surface area contributed by atoms with E-state index in [9.17, 15) is 4.79 Å². The van der Waals surface area contributed by atoms with Gasteiger partial charge >= 0.3 is 5.63 Å². The Hall–Kier alpha value is -3.11. The van der Waals surface area contributed by atoms with E-state index >= 15 is 0 Å². The molecule has 1 unspecified atom stereocenters. The van der Waals surface area contributed by atoms with E-state index in [0.717, 1.165) is 10.9 Å². The molecule has 136 valence electrons. The topological polar surface area (TPSA) is 51.5 Å². The van der Waals surface area contributed by atoms with Crippen LogP contribution in [-0.4, -0.2) is 7.11 Å². The molecule has 0 fully saturated rings. The summed E-state index contributed by atoms with van der Waals surface area (Å²) in [7, 11) is 1.59. The lowest BCUT2D eigenvalue weighted by atomic mass is 9.99. The van der Waals surface area contributed by atoms with Gasteiger partial charge in [0.05, 0.1) is 7.11 Å². The second-order valence-electron chi connectivity index (χ2n) is 6.62. The number of hydrogen-bond donors (Lipinski definition) is 1. The molecule has 0 spiro atoms. The number of rotatable bonds is 5. The van der Waals surface area contributed by atoms with Crippen molar-refractivity contribution in [1.82, 2.24) is 5.32 Å². The van der Waals surface area contributed by atoms with Gasteiger partial charge in [-0.25, -0.2) is 4.79 Å². The largest absolute Gasteiger partial charge is 0.497 e. The van der Waals surface area contributed by atoms with Crippen molar-refractivity contribution in [2.24, 2.45) is 0 Å². The lowest BCUT2D eigenvalue weighted by Gasteiger charge is -2.17. The number of ether oxygens (including phenoxy) is 1. The van der Waals surface area contributed by atoms with E-state index in [2.05, 4.69) is 48.6 Å². The van der Waals surface area contributed by atoms with Crippen LogP contribution in [-0.2, 0) is 6.54 Å². The van der Waals surface area contributed by atoms with E-state index in [0.29, 0.717) is 17.9 Å². The zero-order valence-corrected chi connectivity index (χ0v) is 15.4. The number of benzene rings is 3. The van der Waals surface area contributed by atoms with Gasteiger partial charge in [-0.3, -0.25) is 0 Å². The Morgan fingerprint density at radius 1 is 1.00 bits per heavy atom. The summed E-state index contributed by atoms with van der Waals surface area (Å²) >= 11 is 0. The Morgan fingerprint density at radius 2 is 1.81 bits per heavy atom. The minimum atomic E-state index is -0.356. The van der Waals surface area contributed by atoms with Crippen LogP contribution in [0.2, 0.25) is 0 Å². The van der Waals surface area contributed by atoms with Gasteiger partial charge in [0.2, 0.25) is 0 Å². The fraction of sp³-hybridized carbons (Fsp3) is 0.174. The van der Waals surface area contributed by atoms with Crippen LogP contribution in [0.4, 0.5) is 0 Å². The molecule has 0 aliphatic heterocycles. The van der Waals surface area contributed by atoms with Gasteiger partial charge in [-0.05, 0) is 41.0 Å². The number of fused-ring (bicyclic) bond motifs is 2. The third kappa shape index (κ3) is 3.44. The fourth-order valence-electron chi connectivity index (χ4n) is 3.48. The first-order chi connectivity index (χ1) is 13.2. The molecule has 0 bridgehead atoms. The van der Waals surface area contributed by atoms with Crippen molar-refractivity contribution in [2.45, 2.75) is 19.5 Å². The molecule has 4 nitrogen and oxygen atoms in total. The summed E-state index contributed by atoms with van der Waals surface area (Å²) in [4.78, 5) is 12.0. The third-order valence-corrected chi connectivity index (χ3v) is 4.93. The summed E-state index contributed by atoms with van der Waals surface area (Å²) in [5.74, 6) is 0.667. The first-order valence-electron chi connectivity index (χ1n) is 8.97. The van der Waals surface area contributed by atoms with Gasteiger partial charge in [0.1, 0.15) is 11.3 Å². The van der Waals surface area contributed by atoms with Crippen LogP contribution in [0.5, 0.6) is 5.75 Å². The summed E-state index contributed by atoms with van der Waals surface area (Å²) in [6.07, 6.45) is 0. The molecular weight excluding hydrogens is 338 g/mol. The smallest absolute Gasteiger partial charge is 0.336 e. The Balaban J connectivity index is 1.64. The van der Waals surface area contributed by atoms with Gasteiger partial charge in [0.25, 0.3) is 0 Å². The summed E-state index contributed by atoms with van der Waals surface area (Å²) in [5.41, 5.74) is 2.33. The Morgan fingerprint density at radius 3 is 2.67 bits per heavy atom. The molecule has 0 aliphatic carbocycles. The van der Waals surface area contributed by atoms with E-state index in [1.165, 1.54) is 16.3 Å². The van der Waals surface area contributed by atoms with Crippen molar-refractivity contribution in [2.75, 3.05) is 7.11 Å². The molecular formula is C23H21NO3. The molecule has 1 heterocycles. The Bertz CT molecular complexity index is 1160. The van der Waals surface area contributed by atoms with Crippen LogP contribution >= 0.6 is 0 Å². The van der Waals surface area contributed by atoms with Crippen molar-refractivity contribution in [1.29, 1.82) is 0 Å². The van der Waals surface area contributed by atoms with Crippen LogP contribution in [0.3, 0.4) is 0 Å². The first kappa shape index (κ1) is 17.3. The molecule has 1 atom stereocenters. The summed E-state index contributed by atoms with van der Waals surface area (Å²) in [5, 5.41) is 6.92. The normalized spacial score (nSPS) is 12.4. The van der Waals surface area contributed by atoms with Crippen LogP contribution < -0.4 is 15.7 Å². The van der Waals surface area contributed by atoms with Gasteiger partial charge in [-0.2, -0.15) is 0 Å². The van der Waals surface area contributed by atoms with E-state index in [1.807, 2.05) is 18.2 Å². The average molecular weight is 359 g/mol. The molecule has 0 amide bonds. The zero-order valence-electron chi connectivity index (χ0n) is 15.4. The second kappa shape index (κ2) is 7.25. The fourth-order valence-corrected chi connectivity index (χ4v) is 3.48. The van der Waals surface area contributed by atoms with E-state index < -0.39 is 0 Å².